The molecule has 0 radical (unpaired) electrons. The molecule has 0 spiro atoms. The molecule has 1 aliphatic rings. The van der Waals surface area contributed by atoms with Crippen molar-refractivity contribution in [3.8, 4) is 11.1 Å². The fourth-order valence-corrected chi connectivity index (χ4v) is 5.40. The third-order valence-electron chi connectivity index (χ3n) is 5.36. The van der Waals surface area contributed by atoms with Crippen LogP contribution in [0.4, 0.5) is 0 Å². The van der Waals surface area contributed by atoms with Gasteiger partial charge in [0.2, 0.25) is 0 Å². The molecule has 6 nitrogen and oxygen atoms in total. The molecule has 0 aliphatic heterocycles. The summed E-state index contributed by atoms with van der Waals surface area (Å²) in [4.78, 5) is 27.8. The second kappa shape index (κ2) is 8.88. The first kappa shape index (κ1) is 21.8. The first-order valence-corrected chi connectivity index (χ1v) is 11.0. The number of aromatic nitrogens is 1. The summed E-state index contributed by atoms with van der Waals surface area (Å²) >= 11 is 1.65. The molecule has 2 heterocycles. The number of likely N-dealkylation sites (N-methyl/N-ethyl adjacent to an activating group) is 1. The lowest BCUT2D eigenvalue weighted by molar-refractivity contribution is -0.124. The molecule has 0 aromatic carbocycles. The molecule has 1 aliphatic carbocycles. The van der Waals surface area contributed by atoms with Crippen LogP contribution in [0.2, 0.25) is 0 Å². The zero-order valence-electron chi connectivity index (χ0n) is 18.2. The van der Waals surface area contributed by atoms with Gasteiger partial charge in [-0.1, -0.05) is 0 Å². The number of thiophene rings is 1. The Balaban J connectivity index is 2.17. The topological polar surface area (TPSA) is 75.3 Å². The number of hydrogen-bond acceptors (Lipinski definition) is 5. The van der Waals surface area contributed by atoms with Crippen LogP contribution in [0.15, 0.2) is 11.6 Å². The summed E-state index contributed by atoms with van der Waals surface area (Å²) in [6.45, 7) is 6.06. The molecule has 0 fully saturated rings. The monoisotopic (exact) mass is 425 g/mol. The Bertz CT molecular complexity index is 1070. The summed E-state index contributed by atoms with van der Waals surface area (Å²) in [6.07, 6.45) is 5.70. The second-order valence-corrected chi connectivity index (χ2v) is 8.73. The fourth-order valence-electron chi connectivity index (χ4n) is 3.91. The Morgan fingerprint density at radius 1 is 1.30 bits per heavy atom. The molecule has 1 amide bonds. The van der Waals surface area contributed by atoms with E-state index in [1.807, 2.05) is 32.9 Å². The van der Waals surface area contributed by atoms with Gasteiger partial charge in [-0.15, -0.1) is 11.3 Å². The average Bonchev–Trinajstić information content (AvgIpc) is 3.22. The van der Waals surface area contributed by atoms with Crippen molar-refractivity contribution < 1.29 is 14.3 Å². The number of aryl methyl sites for hydroxylation is 2. The lowest BCUT2D eigenvalue weighted by atomic mass is 9.95. The molecule has 0 N–H and O–H groups in total. The van der Waals surface area contributed by atoms with E-state index in [0.29, 0.717) is 12.2 Å². The third-order valence-corrected chi connectivity index (χ3v) is 6.64. The maximum atomic E-state index is 12.9. The molecule has 0 atom stereocenters. The number of nitriles is 1. The summed E-state index contributed by atoms with van der Waals surface area (Å²) in [7, 11) is 3.25. The zero-order valence-corrected chi connectivity index (χ0v) is 19.0. The highest BCUT2D eigenvalue weighted by molar-refractivity contribution is 7.15. The highest BCUT2D eigenvalue weighted by Gasteiger charge is 2.28. The maximum Gasteiger partial charge on any atom is 0.341 e. The quantitative estimate of drug-likeness (QED) is 0.409. The van der Waals surface area contributed by atoms with Gasteiger partial charge in [0.1, 0.15) is 16.6 Å². The van der Waals surface area contributed by atoms with Crippen molar-refractivity contribution >= 4 is 29.3 Å². The number of carbonyl (C=O) groups excluding carboxylic acids is 2. The summed E-state index contributed by atoms with van der Waals surface area (Å²) in [5.41, 5.74) is 4.48. The molecule has 3 rings (SSSR count). The molecule has 2 aromatic rings. The minimum atomic E-state index is -0.332. The van der Waals surface area contributed by atoms with Crippen LogP contribution in [-0.4, -0.2) is 42.0 Å². The standard InChI is InChI=1S/C23H27N3O3S/c1-6-29-23(28)20-18-9-7-8-10-19(18)30-22(20)26-14(2)11-16(15(26)3)12-17(13-24)21(27)25(4)5/h11-12H,6-10H2,1-5H3/b17-12-. The number of carbonyl (C=O) groups is 2. The third kappa shape index (κ3) is 3.92. The normalized spacial score (nSPS) is 13.5. The Morgan fingerprint density at radius 2 is 2.00 bits per heavy atom. The number of ether oxygens (including phenoxy) is 1. The fraction of sp³-hybridized carbons (Fsp3) is 0.435. The predicted octanol–water partition coefficient (Wildman–Crippen LogP) is 4.21. The van der Waals surface area contributed by atoms with Crippen LogP contribution in [0.1, 0.15) is 57.5 Å². The van der Waals surface area contributed by atoms with Gasteiger partial charge in [-0.05, 0) is 69.7 Å². The van der Waals surface area contributed by atoms with Crippen molar-refractivity contribution in [3.63, 3.8) is 0 Å². The molecular formula is C23H27N3O3S. The van der Waals surface area contributed by atoms with Crippen LogP contribution in [0.3, 0.4) is 0 Å². The minimum Gasteiger partial charge on any atom is -0.462 e. The molecule has 30 heavy (non-hydrogen) atoms. The van der Waals surface area contributed by atoms with Crippen LogP contribution < -0.4 is 0 Å². The van der Waals surface area contributed by atoms with E-state index in [9.17, 15) is 14.9 Å². The molecule has 0 saturated heterocycles. The van der Waals surface area contributed by atoms with E-state index in [2.05, 4.69) is 4.57 Å². The van der Waals surface area contributed by atoms with Crippen LogP contribution in [0.5, 0.6) is 0 Å². The Morgan fingerprint density at radius 3 is 2.63 bits per heavy atom. The summed E-state index contributed by atoms with van der Waals surface area (Å²) < 4.78 is 7.44. The first-order chi connectivity index (χ1) is 14.3. The van der Waals surface area contributed by atoms with Gasteiger partial charge in [0, 0.05) is 30.4 Å². The van der Waals surface area contributed by atoms with Gasteiger partial charge in [0.25, 0.3) is 5.91 Å². The van der Waals surface area contributed by atoms with Crippen molar-refractivity contribution in [2.75, 3.05) is 20.7 Å². The van der Waals surface area contributed by atoms with Gasteiger partial charge >= 0.3 is 5.97 Å². The number of rotatable bonds is 5. The Kier molecular flexibility index (Phi) is 6.47. The SMILES string of the molecule is CCOC(=O)c1c(-n2c(C)cc(/C=C(/C#N)C(=O)N(C)C)c2C)sc2c1CCCC2. The minimum absolute atomic E-state index is 0.0799. The van der Waals surface area contributed by atoms with E-state index in [0.717, 1.165) is 53.2 Å². The van der Waals surface area contributed by atoms with Crippen LogP contribution >= 0.6 is 11.3 Å². The maximum absolute atomic E-state index is 12.9. The molecule has 2 aromatic heterocycles. The summed E-state index contributed by atoms with van der Waals surface area (Å²) in [5, 5.41) is 10.3. The number of fused-ring (bicyclic) bond motifs is 1. The number of amides is 1. The van der Waals surface area contributed by atoms with Crippen molar-refractivity contribution in [1.29, 1.82) is 5.26 Å². The van der Waals surface area contributed by atoms with E-state index in [4.69, 9.17) is 4.74 Å². The van der Waals surface area contributed by atoms with Gasteiger partial charge in [0.15, 0.2) is 0 Å². The highest BCUT2D eigenvalue weighted by Crippen LogP contribution is 2.39. The van der Waals surface area contributed by atoms with E-state index in [1.54, 1.807) is 31.5 Å². The van der Waals surface area contributed by atoms with Crippen molar-refractivity contribution in [1.82, 2.24) is 9.47 Å². The molecule has 0 saturated carbocycles. The molecule has 0 bridgehead atoms. The van der Waals surface area contributed by atoms with Gasteiger partial charge in [-0.3, -0.25) is 4.79 Å². The van der Waals surface area contributed by atoms with Gasteiger partial charge in [0.05, 0.1) is 12.2 Å². The van der Waals surface area contributed by atoms with Crippen molar-refractivity contribution in [3.05, 3.63) is 44.6 Å². The number of nitrogens with zero attached hydrogens (tertiary/aromatic N) is 3. The highest BCUT2D eigenvalue weighted by atomic mass is 32.1. The smallest absolute Gasteiger partial charge is 0.341 e. The molecule has 0 unspecified atom stereocenters. The number of esters is 1. The van der Waals surface area contributed by atoms with Gasteiger partial charge in [-0.2, -0.15) is 5.26 Å². The van der Waals surface area contributed by atoms with Crippen molar-refractivity contribution in [2.24, 2.45) is 0 Å². The molecule has 7 heteroatoms. The largest absolute Gasteiger partial charge is 0.462 e. The second-order valence-electron chi connectivity index (χ2n) is 7.64. The van der Waals surface area contributed by atoms with E-state index < -0.39 is 0 Å². The Labute approximate surface area is 181 Å². The lowest BCUT2D eigenvalue weighted by Crippen LogP contribution is -2.22. The number of hydrogen-bond donors (Lipinski definition) is 0. The van der Waals surface area contributed by atoms with E-state index >= 15 is 0 Å². The molecule has 158 valence electrons. The Hall–Kier alpha value is -2.85. The average molecular weight is 426 g/mol. The zero-order chi connectivity index (χ0) is 22.0. The lowest BCUT2D eigenvalue weighted by Gasteiger charge is -2.13. The summed E-state index contributed by atoms with van der Waals surface area (Å²) in [5.74, 6) is -0.613. The van der Waals surface area contributed by atoms with E-state index in [-0.39, 0.29) is 17.4 Å². The van der Waals surface area contributed by atoms with Crippen LogP contribution in [0, 0.1) is 25.2 Å². The van der Waals surface area contributed by atoms with Crippen LogP contribution in [0.25, 0.3) is 11.1 Å². The van der Waals surface area contributed by atoms with Gasteiger partial charge in [-0.25, -0.2) is 4.79 Å². The molecular weight excluding hydrogens is 398 g/mol. The van der Waals surface area contributed by atoms with Gasteiger partial charge < -0.3 is 14.2 Å². The first-order valence-electron chi connectivity index (χ1n) is 10.1. The predicted molar refractivity (Wildman–Crippen MR) is 118 cm³/mol. The van der Waals surface area contributed by atoms with Crippen LogP contribution in [-0.2, 0) is 22.4 Å². The van der Waals surface area contributed by atoms with E-state index in [1.165, 1.54) is 9.78 Å². The van der Waals surface area contributed by atoms with Crippen molar-refractivity contribution in [2.45, 2.75) is 46.5 Å². The summed E-state index contributed by atoms with van der Waals surface area (Å²) in [6, 6.07) is 3.95.